The summed E-state index contributed by atoms with van der Waals surface area (Å²) < 4.78 is 0. The number of hydrogen-bond acceptors (Lipinski definition) is 3. The van der Waals surface area contributed by atoms with Crippen LogP contribution in [0.4, 0.5) is 5.69 Å². The van der Waals surface area contributed by atoms with E-state index in [-0.39, 0.29) is 25.1 Å². The standard InChI is InChI=1S/C14H20Cl2N2O2/c1-10(2)18(6-3-7-19)9-14(20)17-13-8-11(15)4-5-12(13)16/h4-5,8,10,19H,3,6-7,9H2,1-2H3,(H,17,20). The number of benzene rings is 1. The second kappa shape index (κ2) is 8.47. The van der Waals surface area contributed by atoms with E-state index < -0.39 is 0 Å². The van der Waals surface area contributed by atoms with Crippen LogP contribution in [0, 0.1) is 0 Å². The Morgan fingerprint density at radius 3 is 2.70 bits per heavy atom. The summed E-state index contributed by atoms with van der Waals surface area (Å²) in [6.45, 7) is 5.06. The molecule has 6 heteroatoms. The topological polar surface area (TPSA) is 52.6 Å². The van der Waals surface area contributed by atoms with Crippen LogP contribution in [0.25, 0.3) is 0 Å². The molecule has 0 aromatic heterocycles. The third kappa shape index (κ3) is 5.67. The highest BCUT2D eigenvalue weighted by Crippen LogP contribution is 2.25. The Morgan fingerprint density at radius 2 is 2.10 bits per heavy atom. The molecule has 0 aliphatic heterocycles. The van der Waals surface area contributed by atoms with Crippen molar-refractivity contribution in [2.75, 3.05) is 25.0 Å². The Bertz CT molecular complexity index is 453. The molecule has 1 rings (SSSR count). The maximum atomic E-state index is 12.0. The lowest BCUT2D eigenvalue weighted by Gasteiger charge is -2.25. The van der Waals surface area contributed by atoms with E-state index in [0.29, 0.717) is 28.7 Å². The van der Waals surface area contributed by atoms with E-state index in [4.69, 9.17) is 28.3 Å². The number of rotatable bonds is 7. The number of nitrogens with zero attached hydrogens (tertiary/aromatic N) is 1. The molecule has 0 fully saturated rings. The van der Waals surface area contributed by atoms with E-state index in [2.05, 4.69) is 5.32 Å². The number of halogens is 2. The first-order valence-corrected chi connectivity index (χ1v) is 7.29. The third-order valence-electron chi connectivity index (χ3n) is 2.88. The van der Waals surface area contributed by atoms with Crippen molar-refractivity contribution in [3.8, 4) is 0 Å². The second-order valence-electron chi connectivity index (χ2n) is 4.81. The van der Waals surface area contributed by atoms with Crippen molar-refractivity contribution in [1.29, 1.82) is 0 Å². The van der Waals surface area contributed by atoms with Crippen molar-refractivity contribution in [3.63, 3.8) is 0 Å². The number of carbonyl (C=O) groups excluding carboxylic acids is 1. The summed E-state index contributed by atoms with van der Waals surface area (Å²) in [5.41, 5.74) is 0.509. The lowest BCUT2D eigenvalue weighted by atomic mass is 10.2. The van der Waals surface area contributed by atoms with Crippen molar-refractivity contribution in [1.82, 2.24) is 4.90 Å². The molecule has 0 heterocycles. The molecule has 0 saturated heterocycles. The van der Waals surface area contributed by atoms with E-state index in [1.807, 2.05) is 18.7 Å². The van der Waals surface area contributed by atoms with Gasteiger partial charge in [-0.15, -0.1) is 0 Å². The summed E-state index contributed by atoms with van der Waals surface area (Å²) in [5, 5.41) is 12.6. The molecule has 0 spiro atoms. The van der Waals surface area contributed by atoms with Gasteiger partial charge in [0.2, 0.25) is 5.91 Å². The van der Waals surface area contributed by atoms with Gasteiger partial charge in [-0.05, 0) is 38.5 Å². The minimum absolute atomic E-state index is 0.116. The van der Waals surface area contributed by atoms with Gasteiger partial charge in [-0.1, -0.05) is 23.2 Å². The minimum Gasteiger partial charge on any atom is -0.396 e. The fraction of sp³-hybridized carbons (Fsp3) is 0.500. The minimum atomic E-state index is -0.152. The van der Waals surface area contributed by atoms with Gasteiger partial charge in [0.05, 0.1) is 17.3 Å². The van der Waals surface area contributed by atoms with E-state index >= 15 is 0 Å². The molecule has 0 aliphatic rings. The zero-order chi connectivity index (χ0) is 15.1. The molecule has 20 heavy (non-hydrogen) atoms. The van der Waals surface area contributed by atoms with Crippen LogP contribution in [0.15, 0.2) is 18.2 Å². The summed E-state index contributed by atoms with van der Waals surface area (Å²) in [7, 11) is 0. The number of anilines is 1. The molecule has 2 N–H and O–H groups in total. The summed E-state index contributed by atoms with van der Waals surface area (Å²) in [4.78, 5) is 14.0. The van der Waals surface area contributed by atoms with Crippen LogP contribution in [-0.2, 0) is 4.79 Å². The van der Waals surface area contributed by atoms with Gasteiger partial charge in [0.25, 0.3) is 0 Å². The fourth-order valence-corrected chi connectivity index (χ4v) is 2.10. The smallest absolute Gasteiger partial charge is 0.238 e. The number of hydrogen-bond donors (Lipinski definition) is 2. The van der Waals surface area contributed by atoms with E-state index in [1.54, 1.807) is 18.2 Å². The van der Waals surface area contributed by atoms with E-state index in [1.165, 1.54) is 0 Å². The Balaban J connectivity index is 2.63. The molecule has 0 atom stereocenters. The lowest BCUT2D eigenvalue weighted by molar-refractivity contribution is -0.117. The molecule has 0 unspecified atom stereocenters. The summed E-state index contributed by atoms with van der Waals surface area (Å²) >= 11 is 11.9. The number of amides is 1. The second-order valence-corrected chi connectivity index (χ2v) is 5.66. The predicted octanol–water partition coefficient (Wildman–Crippen LogP) is 3.02. The van der Waals surface area contributed by atoms with Gasteiger partial charge in [-0.25, -0.2) is 0 Å². The van der Waals surface area contributed by atoms with Crippen LogP contribution in [0.3, 0.4) is 0 Å². The van der Waals surface area contributed by atoms with Crippen LogP contribution >= 0.6 is 23.2 Å². The SMILES string of the molecule is CC(C)N(CCCO)CC(=O)Nc1cc(Cl)ccc1Cl. The van der Waals surface area contributed by atoms with Crippen molar-refractivity contribution < 1.29 is 9.90 Å². The van der Waals surface area contributed by atoms with Crippen LogP contribution in [0.2, 0.25) is 10.0 Å². The Morgan fingerprint density at radius 1 is 1.40 bits per heavy atom. The average Bonchev–Trinajstić information content (AvgIpc) is 2.38. The predicted molar refractivity (Wildman–Crippen MR) is 83.5 cm³/mol. The number of nitrogens with one attached hydrogen (secondary N) is 1. The number of carbonyl (C=O) groups is 1. The van der Waals surface area contributed by atoms with Crippen molar-refractivity contribution in [3.05, 3.63) is 28.2 Å². The third-order valence-corrected chi connectivity index (χ3v) is 3.45. The largest absolute Gasteiger partial charge is 0.396 e. The summed E-state index contributed by atoms with van der Waals surface area (Å²) in [6.07, 6.45) is 0.642. The quantitative estimate of drug-likeness (QED) is 0.812. The van der Waals surface area contributed by atoms with Crippen molar-refractivity contribution >= 4 is 34.8 Å². The van der Waals surface area contributed by atoms with Crippen LogP contribution in [0.1, 0.15) is 20.3 Å². The highest BCUT2D eigenvalue weighted by atomic mass is 35.5. The molecule has 0 aliphatic carbocycles. The molecule has 0 bridgehead atoms. The van der Waals surface area contributed by atoms with Gasteiger partial charge in [0.15, 0.2) is 0 Å². The molecular weight excluding hydrogens is 299 g/mol. The van der Waals surface area contributed by atoms with E-state index in [9.17, 15) is 4.79 Å². The highest BCUT2D eigenvalue weighted by molar-refractivity contribution is 6.35. The first kappa shape index (κ1) is 17.2. The molecule has 0 saturated carbocycles. The summed E-state index contributed by atoms with van der Waals surface area (Å²) in [6, 6.07) is 5.16. The van der Waals surface area contributed by atoms with Gasteiger partial charge >= 0.3 is 0 Å². The van der Waals surface area contributed by atoms with Gasteiger partial charge in [-0.3, -0.25) is 9.69 Å². The van der Waals surface area contributed by atoms with E-state index in [0.717, 1.165) is 0 Å². The fourth-order valence-electron chi connectivity index (χ4n) is 1.76. The zero-order valence-corrected chi connectivity index (χ0v) is 13.2. The normalized spacial score (nSPS) is 11.2. The summed E-state index contributed by atoms with van der Waals surface area (Å²) in [5.74, 6) is -0.152. The average molecular weight is 319 g/mol. The Labute approximate surface area is 129 Å². The first-order chi connectivity index (χ1) is 9.43. The molecule has 1 aromatic carbocycles. The maximum Gasteiger partial charge on any atom is 0.238 e. The van der Waals surface area contributed by atoms with Crippen LogP contribution in [-0.4, -0.2) is 41.7 Å². The molecule has 0 radical (unpaired) electrons. The Hall–Kier alpha value is -0.810. The molecule has 1 aromatic rings. The van der Waals surface area contributed by atoms with Crippen molar-refractivity contribution in [2.24, 2.45) is 0 Å². The number of aliphatic hydroxyl groups excluding tert-OH is 1. The first-order valence-electron chi connectivity index (χ1n) is 6.54. The van der Waals surface area contributed by atoms with Crippen LogP contribution < -0.4 is 5.32 Å². The molecule has 112 valence electrons. The van der Waals surface area contributed by atoms with Crippen molar-refractivity contribution in [2.45, 2.75) is 26.3 Å². The monoisotopic (exact) mass is 318 g/mol. The van der Waals surface area contributed by atoms with Gasteiger partial charge in [0, 0.05) is 24.2 Å². The molecular formula is C14H20Cl2N2O2. The number of aliphatic hydroxyl groups is 1. The zero-order valence-electron chi connectivity index (χ0n) is 11.7. The highest BCUT2D eigenvalue weighted by Gasteiger charge is 2.14. The Kier molecular flexibility index (Phi) is 7.30. The van der Waals surface area contributed by atoms with Gasteiger partial charge < -0.3 is 10.4 Å². The van der Waals surface area contributed by atoms with Crippen LogP contribution in [0.5, 0.6) is 0 Å². The molecule has 1 amide bonds. The lowest BCUT2D eigenvalue weighted by Crippen LogP contribution is -2.39. The van der Waals surface area contributed by atoms with Gasteiger partial charge in [0.1, 0.15) is 0 Å². The molecule has 4 nitrogen and oxygen atoms in total. The van der Waals surface area contributed by atoms with Gasteiger partial charge in [-0.2, -0.15) is 0 Å². The maximum absolute atomic E-state index is 12.0.